The number of carbonyl (C=O) groups is 2. The smallest absolute Gasteiger partial charge is 0.252 e. The number of amides is 2. The minimum Gasteiger partial charge on any atom is -0.342 e. The van der Waals surface area contributed by atoms with E-state index in [1.165, 1.54) is 0 Å². The van der Waals surface area contributed by atoms with Gasteiger partial charge >= 0.3 is 0 Å². The third-order valence-corrected chi connectivity index (χ3v) is 6.38. The average Bonchev–Trinajstić information content (AvgIpc) is 3.18. The Morgan fingerprint density at radius 3 is 2.61 bits per heavy atom. The van der Waals surface area contributed by atoms with E-state index < -0.39 is 23.6 Å². The molecule has 0 fully saturated rings. The Hall–Kier alpha value is -2.79. The van der Waals surface area contributed by atoms with E-state index >= 15 is 0 Å². The number of halogens is 3. The van der Waals surface area contributed by atoms with Gasteiger partial charge in [0.1, 0.15) is 5.82 Å². The van der Waals surface area contributed by atoms with Crippen LogP contribution >= 0.6 is 27.7 Å². The minimum atomic E-state index is -0.877. The van der Waals surface area contributed by atoms with Gasteiger partial charge in [-0.1, -0.05) is 30.0 Å². The fourth-order valence-corrected chi connectivity index (χ4v) is 4.47. The van der Waals surface area contributed by atoms with Gasteiger partial charge < -0.3 is 15.2 Å². The van der Waals surface area contributed by atoms with Gasteiger partial charge in [0.25, 0.3) is 5.91 Å². The molecule has 0 spiro atoms. The van der Waals surface area contributed by atoms with Gasteiger partial charge in [0.2, 0.25) is 5.91 Å². The highest BCUT2D eigenvalue weighted by Gasteiger charge is 2.21. The van der Waals surface area contributed by atoms with Gasteiger partial charge in [0, 0.05) is 22.6 Å². The van der Waals surface area contributed by atoms with Crippen molar-refractivity contribution in [1.82, 2.24) is 20.1 Å². The number of aryl methyl sites for hydroxylation is 1. The molecule has 0 aliphatic carbocycles. The van der Waals surface area contributed by atoms with Crippen LogP contribution in [0.5, 0.6) is 0 Å². The normalized spacial score (nSPS) is 11.8. The molecule has 0 saturated carbocycles. The number of nitrogens with zero attached hydrogens (tertiary/aromatic N) is 3. The number of benzene rings is 2. The summed E-state index contributed by atoms with van der Waals surface area (Å²) in [6.07, 6.45) is 0. The molecular weight excluding hydrogens is 516 g/mol. The zero-order valence-corrected chi connectivity index (χ0v) is 20.6. The second-order valence-corrected chi connectivity index (χ2v) is 8.97. The Labute approximate surface area is 202 Å². The molecule has 0 bridgehead atoms. The average molecular weight is 538 g/mol. The maximum Gasteiger partial charge on any atom is 0.252 e. The number of carbonyl (C=O) groups excluding carboxylic acids is 2. The molecule has 33 heavy (non-hydrogen) atoms. The van der Waals surface area contributed by atoms with E-state index in [1.807, 2.05) is 32.9 Å². The first-order valence-electron chi connectivity index (χ1n) is 10.1. The number of anilines is 1. The van der Waals surface area contributed by atoms with Gasteiger partial charge in [0.15, 0.2) is 16.8 Å². The Balaban J connectivity index is 1.66. The lowest BCUT2D eigenvalue weighted by Crippen LogP contribution is -2.29. The van der Waals surface area contributed by atoms with Crippen molar-refractivity contribution in [2.75, 3.05) is 11.1 Å². The lowest BCUT2D eigenvalue weighted by Gasteiger charge is -2.16. The van der Waals surface area contributed by atoms with Gasteiger partial charge in [0.05, 0.1) is 17.5 Å². The number of thioether (sulfide) groups is 1. The van der Waals surface area contributed by atoms with Gasteiger partial charge in [-0.05, 0) is 54.4 Å². The quantitative estimate of drug-likeness (QED) is 0.400. The highest BCUT2D eigenvalue weighted by atomic mass is 79.9. The van der Waals surface area contributed by atoms with Crippen LogP contribution in [0.3, 0.4) is 0 Å². The maximum atomic E-state index is 13.9. The summed E-state index contributed by atoms with van der Waals surface area (Å²) < 4.78 is 29.1. The number of hydrogen-bond acceptors (Lipinski definition) is 5. The van der Waals surface area contributed by atoms with Crippen molar-refractivity contribution in [2.45, 2.75) is 38.5 Å². The van der Waals surface area contributed by atoms with E-state index in [2.05, 4.69) is 36.8 Å². The van der Waals surface area contributed by atoms with Crippen molar-refractivity contribution >= 4 is 45.2 Å². The van der Waals surface area contributed by atoms with E-state index in [9.17, 15) is 18.4 Å². The monoisotopic (exact) mass is 537 g/mol. The molecule has 0 aliphatic heterocycles. The topological polar surface area (TPSA) is 88.9 Å². The van der Waals surface area contributed by atoms with Crippen molar-refractivity contribution in [1.29, 1.82) is 0 Å². The molecule has 1 heterocycles. The molecule has 0 saturated heterocycles. The predicted octanol–water partition coefficient (Wildman–Crippen LogP) is 4.87. The fourth-order valence-electron chi connectivity index (χ4n) is 3.16. The van der Waals surface area contributed by atoms with E-state index in [-0.39, 0.29) is 21.8 Å². The van der Waals surface area contributed by atoms with Crippen molar-refractivity contribution < 1.29 is 18.4 Å². The number of rotatable bonds is 8. The van der Waals surface area contributed by atoms with Crippen LogP contribution in [-0.2, 0) is 11.3 Å². The lowest BCUT2D eigenvalue weighted by atomic mass is 10.1. The summed E-state index contributed by atoms with van der Waals surface area (Å²) in [4.78, 5) is 25.0. The Bertz CT molecular complexity index is 1160. The molecule has 11 heteroatoms. The zero-order chi connectivity index (χ0) is 24.1. The van der Waals surface area contributed by atoms with Crippen molar-refractivity contribution in [3.8, 4) is 0 Å². The Morgan fingerprint density at radius 1 is 1.21 bits per heavy atom. The van der Waals surface area contributed by atoms with Crippen molar-refractivity contribution in [3.63, 3.8) is 0 Å². The van der Waals surface area contributed by atoms with E-state index in [4.69, 9.17) is 0 Å². The van der Waals surface area contributed by atoms with Crippen LogP contribution in [0.1, 0.15) is 41.6 Å². The molecule has 174 valence electrons. The van der Waals surface area contributed by atoms with Gasteiger partial charge in [-0.2, -0.15) is 0 Å². The second-order valence-electron chi connectivity index (χ2n) is 7.18. The molecule has 1 aromatic heterocycles. The lowest BCUT2D eigenvalue weighted by molar-refractivity contribution is -0.113. The summed E-state index contributed by atoms with van der Waals surface area (Å²) in [6.45, 7) is 6.10. The highest BCUT2D eigenvalue weighted by molar-refractivity contribution is 9.10. The van der Waals surface area contributed by atoms with Crippen LogP contribution in [-0.4, -0.2) is 32.3 Å². The molecule has 2 N–H and O–H groups in total. The highest BCUT2D eigenvalue weighted by Crippen LogP contribution is 2.27. The van der Waals surface area contributed by atoms with Crippen molar-refractivity contribution in [2.24, 2.45) is 0 Å². The Morgan fingerprint density at radius 2 is 1.94 bits per heavy atom. The number of hydrogen-bond donors (Lipinski definition) is 2. The molecular formula is C22H22BrF2N5O2S. The van der Waals surface area contributed by atoms with Crippen LogP contribution < -0.4 is 10.6 Å². The molecule has 0 radical (unpaired) electrons. The molecule has 3 aromatic rings. The first-order valence-corrected chi connectivity index (χ1v) is 11.9. The summed E-state index contributed by atoms with van der Waals surface area (Å²) in [5, 5.41) is 14.2. The first kappa shape index (κ1) is 24.8. The summed E-state index contributed by atoms with van der Waals surface area (Å²) >= 11 is 4.17. The van der Waals surface area contributed by atoms with Gasteiger partial charge in [-0.15, -0.1) is 10.2 Å². The summed E-state index contributed by atoms with van der Waals surface area (Å²) in [5.74, 6) is -1.84. The maximum absolute atomic E-state index is 13.9. The molecule has 2 aromatic carbocycles. The van der Waals surface area contributed by atoms with Crippen molar-refractivity contribution in [3.05, 3.63) is 69.5 Å². The van der Waals surface area contributed by atoms with Crippen LogP contribution in [0, 0.1) is 18.6 Å². The number of aromatic nitrogens is 3. The summed E-state index contributed by atoms with van der Waals surface area (Å²) in [6, 6.07) is 8.63. The van der Waals surface area contributed by atoms with Gasteiger partial charge in [-0.25, -0.2) is 8.78 Å². The largest absolute Gasteiger partial charge is 0.342 e. The predicted molar refractivity (Wildman–Crippen MR) is 126 cm³/mol. The van der Waals surface area contributed by atoms with E-state index in [1.54, 1.807) is 16.7 Å². The summed E-state index contributed by atoms with van der Waals surface area (Å²) in [5.41, 5.74) is 1.32. The van der Waals surface area contributed by atoms with Crippen LogP contribution in [0.4, 0.5) is 14.5 Å². The molecule has 1 atom stereocenters. The SMILES string of the molecule is CCn1c(SCC(=O)Nc2c(F)cc(F)cc2Br)nnc1[C@H](C)NC(=O)c1ccccc1C. The van der Waals surface area contributed by atoms with Gasteiger partial charge in [-0.3, -0.25) is 9.59 Å². The second kappa shape index (κ2) is 10.9. The third-order valence-electron chi connectivity index (χ3n) is 4.79. The van der Waals surface area contributed by atoms with E-state index in [0.717, 1.165) is 23.4 Å². The number of nitrogens with one attached hydrogen (secondary N) is 2. The van der Waals surface area contributed by atoms with Crippen LogP contribution in [0.25, 0.3) is 0 Å². The molecule has 2 amide bonds. The Kier molecular flexibility index (Phi) is 8.20. The van der Waals surface area contributed by atoms with E-state index in [0.29, 0.717) is 29.2 Å². The first-order chi connectivity index (χ1) is 15.7. The molecule has 0 aliphatic rings. The van der Waals surface area contributed by atoms with Crippen LogP contribution in [0.2, 0.25) is 0 Å². The standard InChI is InChI=1S/C22H22BrF2N5O2S/c1-4-30-20(13(3)26-21(32)15-8-6-5-7-12(15)2)28-29-22(30)33-11-18(31)27-19-16(23)9-14(24)10-17(19)25/h5-10,13H,4,11H2,1-3H3,(H,26,32)(H,27,31)/t13-/m0/s1. The zero-order valence-electron chi connectivity index (χ0n) is 18.2. The molecule has 7 nitrogen and oxygen atoms in total. The molecule has 3 rings (SSSR count). The fraction of sp³-hybridized carbons (Fsp3) is 0.273. The third kappa shape index (κ3) is 5.97. The summed E-state index contributed by atoms with van der Waals surface area (Å²) in [7, 11) is 0. The van der Waals surface area contributed by atoms with Crippen LogP contribution in [0.15, 0.2) is 46.0 Å². The molecule has 0 unspecified atom stereocenters. The minimum absolute atomic E-state index is 0.0641.